The van der Waals surface area contributed by atoms with Gasteiger partial charge in [-0.15, -0.1) is 0 Å². The molecule has 0 saturated heterocycles. The molecule has 0 radical (unpaired) electrons. The molecule has 340 valence electrons. The Morgan fingerprint density at radius 2 is 1.25 bits per heavy atom. The fourth-order valence-electron chi connectivity index (χ4n) is 13.3. The van der Waals surface area contributed by atoms with Crippen LogP contribution in [0.3, 0.4) is 0 Å². The second-order valence-corrected chi connectivity index (χ2v) is 20.6. The van der Waals surface area contributed by atoms with Crippen molar-refractivity contribution in [1.29, 1.82) is 0 Å². The van der Waals surface area contributed by atoms with Crippen LogP contribution in [0, 0.1) is 5.82 Å². The van der Waals surface area contributed by atoms with E-state index in [9.17, 15) is 0 Å². The standard InChI is InChI=1S/C69H51FO/c1-68(2)60-25-13-10-22-53(60)56-36-29-43(40-63(56)68)28-35-50(58-41-45-16-6-7-19-49(45)51-20-8-9-21-52(51)58)46-32-39-65-59(42-46)57-37-38-64(70)66(67(57)71-65)44-30-33-48(34-31-44)69(47-17-4-3-5-18-47)61-26-14-11-23-54(61)55-24-12-15-27-62(55)69/h3-14,16-26,29-34,36-42,50H,15,27-28,35H2,1-2H3. The molecule has 0 N–H and O–H groups in total. The molecule has 2 heteroatoms. The number of rotatable bonds is 8. The van der Waals surface area contributed by atoms with Crippen LogP contribution in [0.5, 0.6) is 0 Å². The van der Waals surface area contributed by atoms with Crippen molar-refractivity contribution in [2.24, 2.45) is 0 Å². The van der Waals surface area contributed by atoms with E-state index in [0.717, 1.165) is 47.6 Å². The lowest BCUT2D eigenvalue weighted by Gasteiger charge is -2.36. The van der Waals surface area contributed by atoms with E-state index in [2.05, 4.69) is 220 Å². The molecule has 1 nitrogen and oxygen atoms in total. The zero-order valence-electron chi connectivity index (χ0n) is 40.0. The number of hydrogen-bond acceptors (Lipinski definition) is 1. The number of benzene rings is 10. The van der Waals surface area contributed by atoms with E-state index in [4.69, 9.17) is 4.42 Å². The molecule has 3 aliphatic carbocycles. The van der Waals surface area contributed by atoms with E-state index in [-0.39, 0.29) is 17.2 Å². The highest BCUT2D eigenvalue weighted by molar-refractivity contribution is 6.11. The van der Waals surface area contributed by atoms with E-state index >= 15 is 4.39 Å². The molecule has 10 aromatic carbocycles. The average molecular weight is 915 g/mol. The van der Waals surface area contributed by atoms with Crippen LogP contribution < -0.4 is 0 Å². The van der Waals surface area contributed by atoms with Gasteiger partial charge in [0.1, 0.15) is 17.0 Å². The lowest BCUT2D eigenvalue weighted by atomic mass is 9.65. The average Bonchev–Trinajstić information content (AvgIpc) is 4.03. The summed E-state index contributed by atoms with van der Waals surface area (Å²) in [6.07, 6.45) is 8.42. The summed E-state index contributed by atoms with van der Waals surface area (Å²) in [7, 11) is 0. The topological polar surface area (TPSA) is 13.1 Å². The zero-order chi connectivity index (χ0) is 47.4. The fourth-order valence-corrected chi connectivity index (χ4v) is 13.3. The summed E-state index contributed by atoms with van der Waals surface area (Å²) in [6, 6.07) is 74.8. The first-order valence-corrected chi connectivity index (χ1v) is 25.3. The highest BCUT2D eigenvalue weighted by Gasteiger charge is 2.47. The van der Waals surface area contributed by atoms with E-state index in [1.165, 1.54) is 93.9 Å². The van der Waals surface area contributed by atoms with Crippen molar-refractivity contribution in [2.75, 3.05) is 0 Å². The summed E-state index contributed by atoms with van der Waals surface area (Å²) in [5.74, 6) is -0.227. The van der Waals surface area contributed by atoms with Crippen molar-refractivity contribution >= 4 is 49.1 Å². The van der Waals surface area contributed by atoms with Crippen LogP contribution in [0.1, 0.15) is 89.1 Å². The first kappa shape index (κ1) is 41.9. The van der Waals surface area contributed by atoms with Gasteiger partial charge in [-0.1, -0.05) is 202 Å². The molecule has 0 aliphatic heterocycles. The van der Waals surface area contributed by atoms with Crippen molar-refractivity contribution in [3.05, 3.63) is 280 Å². The Bertz CT molecular complexity index is 4030. The van der Waals surface area contributed by atoms with Gasteiger partial charge in [0.25, 0.3) is 0 Å². The minimum atomic E-state index is -0.452. The predicted octanol–water partition coefficient (Wildman–Crippen LogP) is 18.2. The van der Waals surface area contributed by atoms with Crippen LogP contribution >= 0.6 is 0 Å². The lowest BCUT2D eigenvalue weighted by Crippen LogP contribution is -2.30. The zero-order valence-corrected chi connectivity index (χ0v) is 40.0. The van der Waals surface area contributed by atoms with Gasteiger partial charge >= 0.3 is 0 Å². The number of aryl methyl sites for hydroxylation is 1. The molecule has 14 rings (SSSR count). The molecule has 2 unspecified atom stereocenters. The Morgan fingerprint density at radius 3 is 2.10 bits per heavy atom. The van der Waals surface area contributed by atoms with Gasteiger partial charge in [0.2, 0.25) is 0 Å². The van der Waals surface area contributed by atoms with Crippen molar-refractivity contribution in [3.63, 3.8) is 0 Å². The van der Waals surface area contributed by atoms with Crippen molar-refractivity contribution in [3.8, 4) is 22.3 Å². The largest absolute Gasteiger partial charge is 0.455 e. The van der Waals surface area contributed by atoms with E-state index < -0.39 is 5.41 Å². The Labute approximate surface area is 414 Å². The van der Waals surface area contributed by atoms with Crippen molar-refractivity contribution < 1.29 is 8.81 Å². The maximum Gasteiger partial charge on any atom is 0.146 e. The third-order valence-corrected chi connectivity index (χ3v) is 16.6. The molecule has 1 heterocycles. The van der Waals surface area contributed by atoms with Crippen LogP contribution in [0.25, 0.3) is 71.3 Å². The minimum absolute atomic E-state index is 0.0647. The SMILES string of the molecule is CC1(C)c2ccccc2-c2ccc(CCC(c3ccc4oc5c(-c6ccc(C7(c8ccccc8)C8=C(C=CCC8)c8ccccc87)cc6)c(F)ccc5c4c3)c3cc4ccccc4c4ccccc34)cc21. The normalized spacial score (nSPS) is 16.9. The maximum absolute atomic E-state index is 16.6. The first-order chi connectivity index (χ1) is 34.9. The van der Waals surface area contributed by atoms with Gasteiger partial charge in [-0.2, -0.15) is 0 Å². The molecule has 11 aromatic rings. The Hall–Kier alpha value is -8.07. The Kier molecular flexibility index (Phi) is 9.43. The van der Waals surface area contributed by atoms with Crippen LogP contribution in [-0.4, -0.2) is 0 Å². The Balaban J connectivity index is 0.886. The molecule has 0 spiro atoms. The number of fused-ring (bicyclic) bond motifs is 11. The highest BCUT2D eigenvalue weighted by atomic mass is 19.1. The summed E-state index contributed by atoms with van der Waals surface area (Å²) in [5.41, 5.74) is 19.3. The number of allylic oxidation sites excluding steroid dienone is 4. The van der Waals surface area contributed by atoms with Gasteiger partial charge < -0.3 is 4.42 Å². The summed E-state index contributed by atoms with van der Waals surface area (Å²) < 4.78 is 23.4. The molecule has 0 amide bonds. The number of hydrogen-bond donors (Lipinski definition) is 0. The summed E-state index contributed by atoms with van der Waals surface area (Å²) >= 11 is 0. The molecular formula is C69H51FO. The van der Waals surface area contributed by atoms with Crippen LogP contribution in [0.15, 0.2) is 228 Å². The van der Waals surface area contributed by atoms with Gasteiger partial charge in [0.15, 0.2) is 0 Å². The second kappa shape index (κ2) is 16.0. The van der Waals surface area contributed by atoms with Crippen molar-refractivity contribution in [2.45, 2.75) is 56.3 Å². The monoisotopic (exact) mass is 914 g/mol. The van der Waals surface area contributed by atoms with Gasteiger partial charge in [-0.3, -0.25) is 0 Å². The van der Waals surface area contributed by atoms with E-state index in [0.29, 0.717) is 11.1 Å². The van der Waals surface area contributed by atoms with Gasteiger partial charge in [0, 0.05) is 22.1 Å². The molecule has 3 aliphatic rings. The maximum atomic E-state index is 16.6. The molecule has 0 bridgehead atoms. The van der Waals surface area contributed by atoms with Gasteiger partial charge in [-0.05, 0) is 155 Å². The number of furan rings is 1. The van der Waals surface area contributed by atoms with Gasteiger partial charge in [0.05, 0.1) is 11.0 Å². The number of halogens is 1. The molecule has 2 atom stereocenters. The lowest BCUT2D eigenvalue weighted by molar-refractivity contribution is 0.622. The first-order valence-electron chi connectivity index (χ1n) is 25.3. The second-order valence-electron chi connectivity index (χ2n) is 20.6. The molecule has 1 aromatic heterocycles. The van der Waals surface area contributed by atoms with E-state index in [1.54, 1.807) is 6.07 Å². The van der Waals surface area contributed by atoms with E-state index in [1.807, 2.05) is 6.07 Å². The van der Waals surface area contributed by atoms with Crippen LogP contribution in [0.4, 0.5) is 4.39 Å². The van der Waals surface area contributed by atoms with Crippen LogP contribution in [0.2, 0.25) is 0 Å². The summed E-state index contributed by atoms with van der Waals surface area (Å²) in [6.45, 7) is 4.72. The third kappa shape index (κ3) is 6.23. The fraction of sp³-hybridized carbons (Fsp3) is 0.130. The molecule has 0 fully saturated rings. The summed E-state index contributed by atoms with van der Waals surface area (Å²) in [5, 5.41) is 6.96. The quantitative estimate of drug-likeness (QED) is 0.138. The molecule has 0 saturated carbocycles. The van der Waals surface area contributed by atoms with Gasteiger partial charge in [-0.25, -0.2) is 4.39 Å². The Morgan fingerprint density at radius 1 is 0.549 bits per heavy atom. The smallest absolute Gasteiger partial charge is 0.146 e. The third-order valence-electron chi connectivity index (χ3n) is 16.6. The molecular weight excluding hydrogens is 864 g/mol. The highest BCUT2D eigenvalue weighted by Crippen LogP contribution is 2.57. The minimum Gasteiger partial charge on any atom is -0.455 e. The molecule has 71 heavy (non-hydrogen) atoms. The van der Waals surface area contributed by atoms with Crippen molar-refractivity contribution in [1.82, 2.24) is 0 Å². The summed E-state index contributed by atoms with van der Waals surface area (Å²) in [4.78, 5) is 0. The predicted molar refractivity (Wildman–Crippen MR) is 293 cm³/mol. The van der Waals surface area contributed by atoms with Crippen LogP contribution in [-0.2, 0) is 17.3 Å².